The fourth-order valence-electron chi connectivity index (χ4n) is 3.44. The Bertz CT molecular complexity index is 668. The Balaban J connectivity index is 1.57. The number of aromatic amines is 1. The fourth-order valence-corrected chi connectivity index (χ4v) is 3.44. The number of benzene rings is 1. The van der Waals surface area contributed by atoms with E-state index in [1.165, 1.54) is 19.3 Å². The molecule has 1 amide bonds. The molecule has 23 heavy (non-hydrogen) atoms. The van der Waals surface area contributed by atoms with Gasteiger partial charge < -0.3 is 10.3 Å². The van der Waals surface area contributed by atoms with Crippen molar-refractivity contribution in [3.8, 4) is 0 Å². The zero-order valence-electron chi connectivity index (χ0n) is 14.2. The number of aromatic nitrogens is 1. The smallest absolute Gasteiger partial charge is 0.224 e. The number of para-hydroxylation sites is 1. The first-order chi connectivity index (χ1) is 11.1. The van der Waals surface area contributed by atoms with Crippen LogP contribution in [0, 0.1) is 0 Å². The Labute approximate surface area is 138 Å². The lowest BCUT2D eigenvalue weighted by atomic mass is 9.98. The van der Waals surface area contributed by atoms with Gasteiger partial charge in [-0.2, -0.15) is 0 Å². The number of carbonyl (C=O) groups excluding carboxylic acids is 1. The molecular weight excluding hydrogens is 286 g/mol. The Morgan fingerprint density at radius 2 is 1.96 bits per heavy atom. The molecule has 2 heterocycles. The maximum Gasteiger partial charge on any atom is 0.224 e. The van der Waals surface area contributed by atoms with E-state index in [2.05, 4.69) is 35.1 Å². The Morgan fingerprint density at radius 1 is 1.22 bits per heavy atom. The minimum atomic E-state index is 0.0241. The second kappa shape index (κ2) is 6.75. The molecule has 1 aliphatic heterocycles. The van der Waals surface area contributed by atoms with Crippen molar-refractivity contribution in [2.45, 2.75) is 45.1 Å². The highest BCUT2D eigenvalue weighted by Gasteiger charge is 2.28. The van der Waals surface area contributed by atoms with Crippen LogP contribution in [0.1, 0.15) is 38.7 Å². The van der Waals surface area contributed by atoms with Gasteiger partial charge in [0, 0.05) is 29.2 Å². The van der Waals surface area contributed by atoms with E-state index in [0.717, 1.165) is 29.6 Å². The zero-order chi connectivity index (χ0) is 16.3. The third-order valence-electron chi connectivity index (χ3n) is 4.96. The second-order valence-corrected chi connectivity index (χ2v) is 7.17. The van der Waals surface area contributed by atoms with Crippen LogP contribution < -0.4 is 5.32 Å². The van der Waals surface area contributed by atoms with Crippen molar-refractivity contribution >= 4 is 16.8 Å². The Hall–Kier alpha value is -1.81. The first kappa shape index (κ1) is 16.1. The van der Waals surface area contributed by atoms with Gasteiger partial charge in [0.2, 0.25) is 5.91 Å². The van der Waals surface area contributed by atoms with Gasteiger partial charge in [0.25, 0.3) is 0 Å². The highest BCUT2D eigenvalue weighted by molar-refractivity contribution is 5.88. The number of likely N-dealkylation sites (tertiary alicyclic amines) is 1. The van der Waals surface area contributed by atoms with Crippen molar-refractivity contribution in [1.29, 1.82) is 0 Å². The quantitative estimate of drug-likeness (QED) is 0.891. The third-order valence-corrected chi connectivity index (χ3v) is 4.96. The topological polar surface area (TPSA) is 48.1 Å². The third kappa shape index (κ3) is 3.75. The second-order valence-electron chi connectivity index (χ2n) is 7.17. The summed E-state index contributed by atoms with van der Waals surface area (Å²) in [6.07, 6.45) is 6.25. The number of hydrogen-bond donors (Lipinski definition) is 2. The number of fused-ring (bicyclic) bond motifs is 1. The molecule has 2 aromatic rings. The van der Waals surface area contributed by atoms with Gasteiger partial charge in [0.05, 0.1) is 6.42 Å². The number of carbonyl (C=O) groups is 1. The molecule has 3 rings (SSSR count). The molecule has 0 unspecified atom stereocenters. The van der Waals surface area contributed by atoms with Crippen LogP contribution in [-0.4, -0.2) is 41.0 Å². The van der Waals surface area contributed by atoms with Crippen LogP contribution in [0.3, 0.4) is 0 Å². The van der Waals surface area contributed by atoms with Gasteiger partial charge in [-0.1, -0.05) is 24.6 Å². The van der Waals surface area contributed by atoms with Crippen LogP contribution in [0.2, 0.25) is 0 Å². The Morgan fingerprint density at radius 3 is 2.74 bits per heavy atom. The van der Waals surface area contributed by atoms with E-state index >= 15 is 0 Å². The summed E-state index contributed by atoms with van der Waals surface area (Å²) in [6, 6.07) is 8.11. The van der Waals surface area contributed by atoms with Gasteiger partial charge >= 0.3 is 0 Å². The lowest BCUT2D eigenvalue weighted by Gasteiger charge is -2.41. The average Bonchev–Trinajstić information content (AvgIpc) is 2.97. The predicted molar refractivity (Wildman–Crippen MR) is 94.5 cm³/mol. The van der Waals surface area contributed by atoms with Gasteiger partial charge in [-0.25, -0.2) is 0 Å². The molecule has 0 atom stereocenters. The summed E-state index contributed by atoms with van der Waals surface area (Å²) in [5.41, 5.74) is 2.17. The highest BCUT2D eigenvalue weighted by atomic mass is 16.1. The van der Waals surface area contributed by atoms with Crippen LogP contribution in [0.4, 0.5) is 0 Å². The van der Waals surface area contributed by atoms with E-state index in [9.17, 15) is 4.79 Å². The van der Waals surface area contributed by atoms with Gasteiger partial charge in [0.15, 0.2) is 0 Å². The molecule has 1 aliphatic rings. The molecule has 1 saturated heterocycles. The summed E-state index contributed by atoms with van der Waals surface area (Å²) in [7, 11) is 0. The molecule has 0 spiro atoms. The highest BCUT2D eigenvalue weighted by Crippen LogP contribution is 2.20. The minimum Gasteiger partial charge on any atom is -0.361 e. The molecule has 4 heteroatoms. The van der Waals surface area contributed by atoms with Gasteiger partial charge in [-0.3, -0.25) is 9.69 Å². The van der Waals surface area contributed by atoms with E-state index in [1.807, 2.05) is 24.4 Å². The normalized spacial score (nSPS) is 16.6. The van der Waals surface area contributed by atoms with Gasteiger partial charge in [-0.05, 0) is 51.4 Å². The molecule has 1 aromatic carbocycles. The van der Waals surface area contributed by atoms with Crippen molar-refractivity contribution in [2.75, 3.05) is 19.6 Å². The summed E-state index contributed by atoms with van der Waals surface area (Å²) in [5.74, 6) is 0.0971. The van der Waals surface area contributed by atoms with E-state index < -0.39 is 0 Å². The minimum absolute atomic E-state index is 0.0241. The average molecular weight is 313 g/mol. The standard InChI is InChI=1S/C19H27N3O/c1-19(2,22-10-6-3-7-11-22)14-21-18(23)12-15-13-20-17-9-5-4-8-16(15)17/h4-5,8-9,13,20H,3,6-7,10-12,14H2,1-2H3,(H,21,23). The molecule has 1 aromatic heterocycles. The summed E-state index contributed by atoms with van der Waals surface area (Å²) in [6.45, 7) is 7.44. The van der Waals surface area contributed by atoms with Gasteiger partial charge in [0.1, 0.15) is 0 Å². The van der Waals surface area contributed by atoms with Crippen LogP contribution in [0.5, 0.6) is 0 Å². The molecule has 124 valence electrons. The van der Waals surface area contributed by atoms with Crippen molar-refractivity contribution in [3.63, 3.8) is 0 Å². The number of rotatable bonds is 5. The van der Waals surface area contributed by atoms with Crippen LogP contribution in [0.15, 0.2) is 30.5 Å². The van der Waals surface area contributed by atoms with E-state index in [-0.39, 0.29) is 11.4 Å². The van der Waals surface area contributed by atoms with Crippen LogP contribution >= 0.6 is 0 Å². The van der Waals surface area contributed by atoms with Crippen LogP contribution in [0.25, 0.3) is 10.9 Å². The van der Waals surface area contributed by atoms with Crippen molar-refractivity contribution in [1.82, 2.24) is 15.2 Å². The molecule has 0 radical (unpaired) electrons. The summed E-state index contributed by atoms with van der Waals surface area (Å²) >= 11 is 0. The fraction of sp³-hybridized carbons (Fsp3) is 0.526. The monoisotopic (exact) mass is 313 g/mol. The number of H-pyrrole nitrogens is 1. The number of piperidine rings is 1. The van der Waals surface area contributed by atoms with Crippen molar-refractivity contribution in [2.24, 2.45) is 0 Å². The van der Waals surface area contributed by atoms with E-state index in [1.54, 1.807) is 0 Å². The number of nitrogens with zero attached hydrogens (tertiary/aromatic N) is 1. The number of nitrogens with one attached hydrogen (secondary N) is 2. The molecule has 0 aliphatic carbocycles. The molecule has 2 N–H and O–H groups in total. The number of hydrogen-bond acceptors (Lipinski definition) is 2. The number of amides is 1. The van der Waals surface area contributed by atoms with Crippen molar-refractivity contribution < 1.29 is 4.79 Å². The van der Waals surface area contributed by atoms with Crippen molar-refractivity contribution in [3.05, 3.63) is 36.0 Å². The SMILES string of the molecule is CC(C)(CNC(=O)Cc1c[nH]c2ccccc12)N1CCCCC1. The molecule has 1 fully saturated rings. The largest absolute Gasteiger partial charge is 0.361 e. The lowest BCUT2D eigenvalue weighted by Crippen LogP contribution is -2.53. The maximum atomic E-state index is 12.3. The first-order valence-electron chi connectivity index (χ1n) is 8.63. The van der Waals surface area contributed by atoms with E-state index in [0.29, 0.717) is 13.0 Å². The van der Waals surface area contributed by atoms with Crippen LogP contribution in [-0.2, 0) is 11.2 Å². The molecular formula is C19H27N3O. The predicted octanol–water partition coefficient (Wildman–Crippen LogP) is 3.09. The zero-order valence-corrected chi connectivity index (χ0v) is 14.2. The Kier molecular flexibility index (Phi) is 4.71. The van der Waals surface area contributed by atoms with Gasteiger partial charge in [-0.15, -0.1) is 0 Å². The molecule has 0 bridgehead atoms. The lowest BCUT2D eigenvalue weighted by molar-refractivity contribution is -0.121. The summed E-state index contributed by atoms with van der Waals surface area (Å²) in [4.78, 5) is 18.1. The molecule has 0 saturated carbocycles. The summed E-state index contributed by atoms with van der Waals surface area (Å²) in [5, 5.41) is 4.27. The first-order valence-corrected chi connectivity index (χ1v) is 8.63. The van der Waals surface area contributed by atoms with E-state index in [4.69, 9.17) is 0 Å². The maximum absolute atomic E-state index is 12.3. The molecule has 4 nitrogen and oxygen atoms in total. The summed E-state index contributed by atoms with van der Waals surface area (Å²) < 4.78 is 0.